The van der Waals surface area contributed by atoms with Crippen LogP contribution in [-0.4, -0.2) is 4.86 Å². The van der Waals surface area contributed by atoms with Crippen LogP contribution >= 0.6 is 12.2 Å². The highest BCUT2D eigenvalue weighted by Gasteiger charge is 1.87. The van der Waals surface area contributed by atoms with Gasteiger partial charge in [0.15, 0.2) is 0 Å². The maximum atomic E-state index is 4.79. The van der Waals surface area contributed by atoms with E-state index in [9.17, 15) is 0 Å². The lowest BCUT2D eigenvalue weighted by Gasteiger charge is -1.80. The van der Waals surface area contributed by atoms with Crippen molar-refractivity contribution in [3.05, 3.63) is 6.92 Å². The Morgan fingerprint density at radius 1 is 1.83 bits per heavy atom. The number of hydrogen-bond donors (Lipinski definition) is 0. The Hall–Kier alpha value is -0.0400. The Morgan fingerprint density at radius 3 is 2.33 bits per heavy atom. The van der Waals surface area contributed by atoms with E-state index >= 15 is 0 Å². The van der Waals surface area contributed by atoms with Crippen LogP contribution in [0.3, 0.4) is 0 Å². The average molecular weight is 101 g/mol. The average Bonchev–Trinajstić information content (AvgIpc) is 1.65. The first-order chi connectivity index (χ1) is 2.81. The minimum atomic E-state index is 0.811. The standard InChI is InChI=1S/C5H9S/c1-3-5(6)4-2/h1,3-4H2,2H3/q+1. The first kappa shape index (κ1) is 5.96. The smallest absolute Gasteiger partial charge is 0.0851 e. The second-order valence-electron chi connectivity index (χ2n) is 1.14. The summed E-state index contributed by atoms with van der Waals surface area (Å²) in [5.41, 5.74) is 0. The molecule has 0 radical (unpaired) electrons. The van der Waals surface area contributed by atoms with E-state index < -0.39 is 0 Å². The molecule has 34 valence electrons. The summed E-state index contributed by atoms with van der Waals surface area (Å²) in [4.78, 5) is 1.06. The van der Waals surface area contributed by atoms with E-state index in [4.69, 9.17) is 12.2 Å². The Labute approximate surface area is 44.6 Å². The van der Waals surface area contributed by atoms with Crippen LogP contribution in [-0.2, 0) is 0 Å². The van der Waals surface area contributed by atoms with Gasteiger partial charge in [0.2, 0.25) is 0 Å². The largest absolute Gasteiger partial charge is 0.116 e. The van der Waals surface area contributed by atoms with Gasteiger partial charge in [0.25, 0.3) is 0 Å². The second-order valence-corrected chi connectivity index (χ2v) is 1.72. The topological polar surface area (TPSA) is 0 Å². The zero-order valence-corrected chi connectivity index (χ0v) is 4.85. The van der Waals surface area contributed by atoms with Gasteiger partial charge in [0.05, 0.1) is 6.92 Å². The molecule has 0 N–H and O–H groups in total. The van der Waals surface area contributed by atoms with Gasteiger partial charge in [-0.15, -0.1) is 0 Å². The van der Waals surface area contributed by atoms with Crippen molar-refractivity contribution in [2.75, 3.05) is 0 Å². The highest BCUT2D eigenvalue weighted by Crippen LogP contribution is 1.87. The van der Waals surface area contributed by atoms with Crippen molar-refractivity contribution in [2.24, 2.45) is 0 Å². The highest BCUT2D eigenvalue weighted by molar-refractivity contribution is 7.80. The SMILES string of the molecule is [CH2+]CC(=S)CC. The van der Waals surface area contributed by atoms with Crippen LogP contribution in [0.15, 0.2) is 0 Å². The molecule has 0 aliphatic carbocycles. The fourth-order valence-corrected chi connectivity index (χ4v) is 0.177. The summed E-state index contributed by atoms with van der Waals surface area (Å²) in [7, 11) is 0. The lowest BCUT2D eigenvalue weighted by molar-refractivity contribution is 1.26. The summed E-state index contributed by atoms with van der Waals surface area (Å²) in [6, 6.07) is 0. The van der Waals surface area contributed by atoms with Gasteiger partial charge in [-0.25, -0.2) is 0 Å². The van der Waals surface area contributed by atoms with Gasteiger partial charge in [0.1, 0.15) is 6.42 Å². The molecule has 6 heavy (non-hydrogen) atoms. The van der Waals surface area contributed by atoms with Crippen molar-refractivity contribution >= 4 is 17.1 Å². The first-order valence-electron chi connectivity index (χ1n) is 2.12. The number of thiocarbonyl (C=S) groups is 1. The van der Waals surface area contributed by atoms with E-state index in [1.165, 1.54) is 0 Å². The van der Waals surface area contributed by atoms with Crippen LogP contribution in [0.4, 0.5) is 0 Å². The van der Waals surface area contributed by atoms with E-state index in [0.29, 0.717) is 0 Å². The molecule has 0 amide bonds. The summed E-state index contributed by atoms with van der Waals surface area (Å²) >= 11 is 4.79. The van der Waals surface area contributed by atoms with E-state index in [1.807, 2.05) is 6.92 Å². The lowest BCUT2D eigenvalue weighted by atomic mass is 10.3. The molecule has 0 atom stereocenters. The minimum Gasteiger partial charge on any atom is -0.0851 e. The van der Waals surface area contributed by atoms with Crippen LogP contribution in [0.2, 0.25) is 0 Å². The van der Waals surface area contributed by atoms with Gasteiger partial charge in [0, 0.05) is 4.86 Å². The van der Waals surface area contributed by atoms with Gasteiger partial charge in [-0.2, -0.15) is 0 Å². The van der Waals surface area contributed by atoms with E-state index in [1.54, 1.807) is 0 Å². The molecule has 0 rings (SSSR count). The highest BCUT2D eigenvalue weighted by atomic mass is 32.1. The first-order valence-corrected chi connectivity index (χ1v) is 2.53. The molecule has 0 aliphatic rings. The predicted molar refractivity (Wildman–Crippen MR) is 32.9 cm³/mol. The van der Waals surface area contributed by atoms with Crippen molar-refractivity contribution in [1.29, 1.82) is 0 Å². The Morgan fingerprint density at radius 2 is 2.33 bits per heavy atom. The van der Waals surface area contributed by atoms with Gasteiger partial charge in [-0.1, -0.05) is 19.1 Å². The van der Waals surface area contributed by atoms with Crippen molar-refractivity contribution in [1.82, 2.24) is 0 Å². The Kier molecular flexibility index (Phi) is 3.14. The maximum Gasteiger partial charge on any atom is 0.116 e. The van der Waals surface area contributed by atoms with Crippen LogP contribution in [0.1, 0.15) is 19.8 Å². The molecule has 0 saturated heterocycles. The van der Waals surface area contributed by atoms with Crippen LogP contribution in [0, 0.1) is 6.92 Å². The maximum absolute atomic E-state index is 4.79. The third kappa shape index (κ3) is 2.21. The zero-order chi connectivity index (χ0) is 4.99. The van der Waals surface area contributed by atoms with Gasteiger partial charge in [-0.3, -0.25) is 0 Å². The van der Waals surface area contributed by atoms with Crippen molar-refractivity contribution in [3.8, 4) is 0 Å². The predicted octanol–water partition coefficient (Wildman–Crippen LogP) is 1.99. The molecule has 1 heteroatoms. The monoisotopic (exact) mass is 101 g/mol. The normalized spacial score (nSPS) is 8.17. The van der Waals surface area contributed by atoms with Crippen LogP contribution in [0.5, 0.6) is 0 Å². The molecular formula is C5H9S+. The van der Waals surface area contributed by atoms with Crippen LogP contribution in [0.25, 0.3) is 0 Å². The van der Waals surface area contributed by atoms with Gasteiger partial charge >= 0.3 is 0 Å². The second kappa shape index (κ2) is 3.16. The van der Waals surface area contributed by atoms with E-state index in [-0.39, 0.29) is 0 Å². The molecule has 0 spiro atoms. The van der Waals surface area contributed by atoms with Crippen molar-refractivity contribution in [3.63, 3.8) is 0 Å². The Balaban J connectivity index is 2.99. The van der Waals surface area contributed by atoms with Gasteiger partial charge < -0.3 is 0 Å². The summed E-state index contributed by atoms with van der Waals surface area (Å²) in [5.74, 6) is 0. The summed E-state index contributed by atoms with van der Waals surface area (Å²) in [6.07, 6.45) is 1.81. The summed E-state index contributed by atoms with van der Waals surface area (Å²) in [5, 5.41) is 0. The third-order valence-corrected chi connectivity index (χ3v) is 1.17. The fourth-order valence-electron chi connectivity index (χ4n) is 0.177. The number of hydrogen-bond acceptors (Lipinski definition) is 1. The van der Waals surface area contributed by atoms with E-state index in [0.717, 1.165) is 17.7 Å². The Bertz CT molecular complexity index is 41.9. The van der Waals surface area contributed by atoms with Crippen LogP contribution < -0.4 is 0 Å². The van der Waals surface area contributed by atoms with E-state index in [2.05, 4.69) is 6.92 Å². The van der Waals surface area contributed by atoms with Gasteiger partial charge in [-0.05, 0) is 6.42 Å². The third-order valence-electron chi connectivity index (χ3n) is 0.673. The molecular weight excluding hydrogens is 92.1 g/mol. The molecule has 0 bridgehead atoms. The molecule has 0 aromatic carbocycles. The summed E-state index contributed by atoms with van der Waals surface area (Å²) in [6.45, 7) is 5.66. The molecule has 0 saturated carbocycles. The molecule has 0 aromatic rings. The quantitative estimate of drug-likeness (QED) is 0.378. The van der Waals surface area contributed by atoms with Crippen molar-refractivity contribution in [2.45, 2.75) is 19.8 Å². The van der Waals surface area contributed by atoms with Crippen molar-refractivity contribution < 1.29 is 0 Å². The molecule has 0 fully saturated rings. The lowest BCUT2D eigenvalue weighted by Crippen LogP contribution is -1.84. The summed E-state index contributed by atoms with van der Waals surface area (Å²) < 4.78 is 0. The molecule has 0 heterocycles. The molecule has 0 aliphatic heterocycles. The number of rotatable bonds is 2. The molecule has 0 aromatic heterocycles. The zero-order valence-electron chi connectivity index (χ0n) is 4.03. The fraction of sp³-hybridized carbons (Fsp3) is 0.600. The minimum absolute atomic E-state index is 0.811. The molecule has 0 unspecified atom stereocenters. The molecule has 0 nitrogen and oxygen atoms in total.